The third kappa shape index (κ3) is 4.56. The van der Waals surface area contributed by atoms with Crippen LogP contribution in [0.2, 0.25) is 0 Å². The van der Waals surface area contributed by atoms with Crippen LogP contribution in [0.15, 0.2) is 42.7 Å². The van der Waals surface area contributed by atoms with Crippen LogP contribution in [0.3, 0.4) is 0 Å². The molecular formula is C24H34N6. The first kappa shape index (κ1) is 21.0. The maximum absolute atomic E-state index is 5.02. The fourth-order valence-electron chi connectivity index (χ4n) is 4.46. The third-order valence-electron chi connectivity index (χ3n) is 6.16. The van der Waals surface area contributed by atoms with Crippen LogP contribution in [0.1, 0.15) is 41.5 Å². The van der Waals surface area contributed by atoms with Crippen LogP contribution in [0.25, 0.3) is 5.65 Å². The zero-order valence-corrected chi connectivity index (χ0v) is 18.8. The summed E-state index contributed by atoms with van der Waals surface area (Å²) in [4.78, 5) is 16.8. The monoisotopic (exact) mass is 406 g/mol. The molecule has 0 saturated carbocycles. The molecule has 0 N–H and O–H groups in total. The van der Waals surface area contributed by atoms with Gasteiger partial charge in [-0.3, -0.25) is 14.8 Å². The first-order valence-corrected chi connectivity index (χ1v) is 10.9. The number of aromatic nitrogens is 3. The number of rotatable bonds is 8. The minimum atomic E-state index is 0.360. The fourth-order valence-corrected chi connectivity index (χ4v) is 4.46. The molecule has 3 aromatic rings. The van der Waals surface area contributed by atoms with E-state index in [2.05, 4.69) is 83.8 Å². The molecule has 0 aliphatic heterocycles. The Morgan fingerprint density at radius 3 is 2.73 bits per heavy atom. The normalized spacial score (nSPS) is 16.7. The summed E-state index contributed by atoms with van der Waals surface area (Å²) in [6.07, 6.45) is 7.59. The molecule has 0 bridgehead atoms. The van der Waals surface area contributed by atoms with Crippen LogP contribution in [0, 0.1) is 0 Å². The first-order chi connectivity index (χ1) is 14.5. The van der Waals surface area contributed by atoms with Crippen LogP contribution in [-0.2, 0) is 19.5 Å². The second kappa shape index (κ2) is 9.25. The summed E-state index contributed by atoms with van der Waals surface area (Å²) in [5.41, 5.74) is 6.14. The van der Waals surface area contributed by atoms with Gasteiger partial charge in [0.15, 0.2) is 0 Å². The van der Waals surface area contributed by atoms with Gasteiger partial charge in [-0.05, 0) is 71.2 Å². The van der Waals surface area contributed by atoms with E-state index >= 15 is 0 Å². The topological polar surface area (TPSA) is 39.9 Å². The van der Waals surface area contributed by atoms with Crippen molar-refractivity contribution < 1.29 is 0 Å². The molecule has 1 atom stereocenters. The number of hydrogen-bond donors (Lipinski definition) is 0. The number of nitrogens with zero attached hydrogens (tertiary/aromatic N) is 6. The van der Waals surface area contributed by atoms with Crippen molar-refractivity contribution in [3.8, 4) is 0 Å². The van der Waals surface area contributed by atoms with Gasteiger partial charge < -0.3 is 9.30 Å². The molecule has 0 radical (unpaired) electrons. The molecule has 6 heteroatoms. The van der Waals surface area contributed by atoms with Gasteiger partial charge in [-0.1, -0.05) is 12.1 Å². The van der Waals surface area contributed by atoms with Gasteiger partial charge in [0.05, 0.1) is 23.1 Å². The van der Waals surface area contributed by atoms with Crippen molar-refractivity contribution in [1.82, 2.24) is 29.1 Å². The smallest absolute Gasteiger partial charge is 0.137 e. The van der Waals surface area contributed by atoms with Crippen LogP contribution < -0.4 is 0 Å². The van der Waals surface area contributed by atoms with E-state index in [9.17, 15) is 0 Å². The SMILES string of the molecule is CN(C)CCN(C)Cc1c(CN(C)[C@H]2CCCc3cccnc32)nc2ccccn12. The minimum Gasteiger partial charge on any atom is -0.308 e. The molecule has 0 amide bonds. The standard InChI is InChI=1S/C24H34N6/c1-27(2)15-16-28(3)18-22-20(26-23-12-5-6-14-30(22)23)17-29(4)21-11-7-9-19-10-8-13-25-24(19)21/h5-6,8,10,12-14,21H,7,9,11,15-18H2,1-4H3/t21-/m0/s1. The Morgan fingerprint density at radius 2 is 1.90 bits per heavy atom. The van der Waals surface area contributed by atoms with Crippen molar-refractivity contribution in [2.75, 3.05) is 41.3 Å². The lowest BCUT2D eigenvalue weighted by Gasteiger charge is -2.32. The third-order valence-corrected chi connectivity index (χ3v) is 6.16. The Bertz CT molecular complexity index is 979. The second-order valence-corrected chi connectivity index (χ2v) is 8.85. The Kier molecular flexibility index (Phi) is 6.46. The molecule has 6 nitrogen and oxygen atoms in total. The van der Waals surface area contributed by atoms with Crippen molar-refractivity contribution in [3.63, 3.8) is 0 Å². The zero-order chi connectivity index (χ0) is 21.1. The molecule has 0 unspecified atom stereocenters. The second-order valence-electron chi connectivity index (χ2n) is 8.85. The molecule has 1 aliphatic rings. The number of pyridine rings is 2. The van der Waals surface area contributed by atoms with E-state index in [-0.39, 0.29) is 0 Å². The summed E-state index contributed by atoms with van der Waals surface area (Å²) in [7, 11) is 8.66. The minimum absolute atomic E-state index is 0.360. The highest BCUT2D eigenvalue weighted by Gasteiger charge is 2.26. The van der Waals surface area contributed by atoms with Gasteiger partial charge in [-0.2, -0.15) is 0 Å². The summed E-state index contributed by atoms with van der Waals surface area (Å²) >= 11 is 0. The van der Waals surface area contributed by atoms with Crippen molar-refractivity contribution in [3.05, 3.63) is 65.4 Å². The zero-order valence-electron chi connectivity index (χ0n) is 18.8. The van der Waals surface area contributed by atoms with Gasteiger partial charge in [-0.25, -0.2) is 4.98 Å². The molecule has 0 saturated heterocycles. The summed E-state index contributed by atoms with van der Waals surface area (Å²) in [6.45, 7) is 3.80. The fraction of sp³-hybridized carbons (Fsp3) is 0.500. The molecule has 3 heterocycles. The number of likely N-dealkylation sites (N-methyl/N-ethyl adjacent to an activating group) is 2. The largest absolute Gasteiger partial charge is 0.308 e. The summed E-state index contributed by atoms with van der Waals surface area (Å²) < 4.78 is 2.25. The maximum atomic E-state index is 5.02. The predicted octanol–water partition coefficient (Wildman–Crippen LogP) is 3.23. The molecule has 4 rings (SSSR count). The van der Waals surface area contributed by atoms with Gasteiger partial charge in [0.25, 0.3) is 0 Å². The van der Waals surface area contributed by atoms with E-state index in [4.69, 9.17) is 9.97 Å². The van der Waals surface area contributed by atoms with Gasteiger partial charge in [-0.15, -0.1) is 0 Å². The van der Waals surface area contributed by atoms with E-state index in [1.807, 2.05) is 6.20 Å². The van der Waals surface area contributed by atoms with Crippen LogP contribution in [-0.4, -0.2) is 70.3 Å². The number of fused-ring (bicyclic) bond motifs is 2. The molecule has 0 aromatic carbocycles. The summed E-state index contributed by atoms with van der Waals surface area (Å²) in [5.74, 6) is 0. The highest BCUT2D eigenvalue weighted by atomic mass is 15.2. The molecule has 1 aliphatic carbocycles. The van der Waals surface area contributed by atoms with Crippen molar-refractivity contribution in [2.45, 2.75) is 38.4 Å². The molecule has 30 heavy (non-hydrogen) atoms. The van der Waals surface area contributed by atoms with Gasteiger partial charge in [0.1, 0.15) is 5.65 Å². The average molecular weight is 407 g/mol. The number of imidazole rings is 1. The van der Waals surface area contributed by atoms with E-state index in [0.717, 1.165) is 44.7 Å². The first-order valence-electron chi connectivity index (χ1n) is 10.9. The Hall–Kier alpha value is -2.28. The Labute approximate surface area is 180 Å². The van der Waals surface area contributed by atoms with Gasteiger partial charge in [0.2, 0.25) is 0 Å². The quantitative estimate of drug-likeness (QED) is 0.574. The maximum Gasteiger partial charge on any atom is 0.137 e. The number of aryl methyl sites for hydroxylation is 1. The lowest BCUT2D eigenvalue weighted by Crippen LogP contribution is -2.30. The van der Waals surface area contributed by atoms with Crippen molar-refractivity contribution in [2.24, 2.45) is 0 Å². The Balaban J connectivity index is 1.58. The van der Waals surface area contributed by atoms with Gasteiger partial charge in [0, 0.05) is 38.6 Å². The highest BCUT2D eigenvalue weighted by Crippen LogP contribution is 2.33. The van der Waals surface area contributed by atoms with Gasteiger partial charge >= 0.3 is 0 Å². The lowest BCUT2D eigenvalue weighted by atomic mass is 9.91. The lowest BCUT2D eigenvalue weighted by molar-refractivity contribution is 0.204. The van der Waals surface area contributed by atoms with E-state index in [0.29, 0.717) is 6.04 Å². The summed E-state index contributed by atoms with van der Waals surface area (Å²) in [6, 6.07) is 10.9. The molecule has 0 fully saturated rings. The number of hydrogen-bond acceptors (Lipinski definition) is 5. The highest BCUT2D eigenvalue weighted by molar-refractivity contribution is 5.43. The summed E-state index contributed by atoms with van der Waals surface area (Å²) in [5, 5.41) is 0. The molecule has 0 spiro atoms. The molecule has 160 valence electrons. The predicted molar refractivity (Wildman–Crippen MR) is 121 cm³/mol. The van der Waals surface area contributed by atoms with Crippen molar-refractivity contribution in [1.29, 1.82) is 0 Å². The van der Waals surface area contributed by atoms with Crippen LogP contribution >= 0.6 is 0 Å². The van der Waals surface area contributed by atoms with E-state index in [1.54, 1.807) is 0 Å². The Morgan fingerprint density at radius 1 is 1.03 bits per heavy atom. The van der Waals surface area contributed by atoms with Crippen LogP contribution in [0.5, 0.6) is 0 Å². The molecule has 3 aromatic heterocycles. The average Bonchev–Trinajstić information content (AvgIpc) is 3.08. The molecular weight excluding hydrogens is 372 g/mol. The van der Waals surface area contributed by atoms with E-state index < -0.39 is 0 Å². The van der Waals surface area contributed by atoms with E-state index in [1.165, 1.54) is 29.1 Å². The van der Waals surface area contributed by atoms with Crippen LogP contribution in [0.4, 0.5) is 0 Å². The van der Waals surface area contributed by atoms with Crippen molar-refractivity contribution >= 4 is 5.65 Å².